The number of hydrogen-bond donors (Lipinski definition) is 0. The molecule has 2 aliphatic rings. The molecule has 2 aliphatic heterocycles. The Morgan fingerprint density at radius 1 is 0.960 bits per heavy atom. The summed E-state index contributed by atoms with van der Waals surface area (Å²) in [6.07, 6.45) is 5.43. The summed E-state index contributed by atoms with van der Waals surface area (Å²) >= 11 is 0. The topological polar surface area (TPSA) is 50.7 Å². The Morgan fingerprint density at radius 2 is 1.76 bits per heavy atom. The molecule has 4 rings (SSSR count). The van der Waals surface area contributed by atoms with Gasteiger partial charge in [-0.05, 0) is 25.0 Å². The zero-order valence-corrected chi connectivity index (χ0v) is 14.9. The molecule has 0 atom stereocenters. The minimum absolute atomic E-state index is 0.752. The van der Waals surface area contributed by atoms with Crippen LogP contribution < -0.4 is 19.3 Å². The minimum Gasteiger partial charge on any atom is -0.493 e. The molecule has 1 aromatic carbocycles. The molecule has 0 bridgehead atoms. The maximum atomic E-state index is 5.43. The molecule has 6 nitrogen and oxygen atoms in total. The summed E-state index contributed by atoms with van der Waals surface area (Å²) in [7, 11) is 3.32. The van der Waals surface area contributed by atoms with Crippen LogP contribution in [0, 0.1) is 0 Å². The summed E-state index contributed by atoms with van der Waals surface area (Å²) in [4.78, 5) is 14.1. The van der Waals surface area contributed by atoms with Crippen LogP contribution in [-0.2, 0) is 13.0 Å². The second-order valence-electron chi connectivity index (χ2n) is 6.55. The lowest BCUT2D eigenvalue weighted by molar-refractivity contribution is 0.355. The standard InChI is InChI=1S/C19H24N4O2/c1-24-17-6-5-15(11-18(17)25-2)23-10-7-16-14(13-23)12-20-19(21-16)22-8-3-4-9-22/h5-6,11-12H,3-4,7-10,13H2,1-2H3. The van der Waals surface area contributed by atoms with E-state index < -0.39 is 0 Å². The largest absolute Gasteiger partial charge is 0.493 e. The molecule has 25 heavy (non-hydrogen) atoms. The summed E-state index contributed by atoms with van der Waals surface area (Å²) in [6, 6.07) is 6.06. The first kappa shape index (κ1) is 16.0. The molecule has 0 aliphatic carbocycles. The monoisotopic (exact) mass is 340 g/mol. The van der Waals surface area contributed by atoms with Crippen LogP contribution in [0.2, 0.25) is 0 Å². The normalized spacial score (nSPS) is 16.7. The highest BCUT2D eigenvalue weighted by molar-refractivity contribution is 5.57. The maximum absolute atomic E-state index is 5.43. The van der Waals surface area contributed by atoms with Crippen LogP contribution in [0.15, 0.2) is 24.4 Å². The quantitative estimate of drug-likeness (QED) is 0.853. The summed E-state index contributed by atoms with van der Waals surface area (Å²) in [5, 5.41) is 0. The molecule has 0 radical (unpaired) electrons. The Balaban J connectivity index is 1.54. The van der Waals surface area contributed by atoms with E-state index in [0.717, 1.165) is 55.7 Å². The molecule has 1 saturated heterocycles. The predicted molar refractivity (Wildman–Crippen MR) is 97.8 cm³/mol. The number of aromatic nitrogens is 2. The molecular formula is C19H24N4O2. The van der Waals surface area contributed by atoms with E-state index in [1.165, 1.54) is 24.1 Å². The van der Waals surface area contributed by atoms with Crippen LogP contribution in [0.4, 0.5) is 11.6 Å². The summed E-state index contributed by atoms with van der Waals surface area (Å²) in [6.45, 7) is 3.93. The number of benzene rings is 1. The fourth-order valence-corrected chi connectivity index (χ4v) is 3.62. The van der Waals surface area contributed by atoms with Crippen LogP contribution in [-0.4, -0.2) is 43.8 Å². The van der Waals surface area contributed by atoms with Gasteiger partial charge < -0.3 is 19.3 Å². The third-order valence-electron chi connectivity index (χ3n) is 5.04. The smallest absolute Gasteiger partial charge is 0.225 e. The third kappa shape index (κ3) is 3.08. The Morgan fingerprint density at radius 3 is 2.52 bits per heavy atom. The maximum Gasteiger partial charge on any atom is 0.225 e. The first-order valence-electron chi connectivity index (χ1n) is 8.85. The van der Waals surface area contributed by atoms with E-state index in [9.17, 15) is 0 Å². The first-order chi connectivity index (χ1) is 12.3. The van der Waals surface area contributed by atoms with Crippen molar-refractivity contribution < 1.29 is 9.47 Å². The number of fused-ring (bicyclic) bond motifs is 1. The molecule has 0 unspecified atom stereocenters. The lowest BCUT2D eigenvalue weighted by Gasteiger charge is -2.31. The molecule has 6 heteroatoms. The van der Waals surface area contributed by atoms with Crippen molar-refractivity contribution in [2.75, 3.05) is 43.7 Å². The highest BCUT2D eigenvalue weighted by Gasteiger charge is 2.22. The van der Waals surface area contributed by atoms with Crippen LogP contribution in [0.3, 0.4) is 0 Å². The van der Waals surface area contributed by atoms with Gasteiger partial charge in [0.15, 0.2) is 11.5 Å². The van der Waals surface area contributed by atoms with Crippen molar-refractivity contribution in [3.05, 3.63) is 35.7 Å². The molecule has 0 amide bonds. The van der Waals surface area contributed by atoms with E-state index in [-0.39, 0.29) is 0 Å². The van der Waals surface area contributed by atoms with Gasteiger partial charge in [-0.15, -0.1) is 0 Å². The van der Waals surface area contributed by atoms with E-state index in [2.05, 4.69) is 20.9 Å². The molecule has 1 fully saturated rings. The van der Waals surface area contributed by atoms with Crippen molar-refractivity contribution in [1.29, 1.82) is 0 Å². The van der Waals surface area contributed by atoms with E-state index >= 15 is 0 Å². The lowest BCUT2D eigenvalue weighted by atomic mass is 10.1. The van der Waals surface area contributed by atoms with Crippen molar-refractivity contribution in [1.82, 2.24) is 9.97 Å². The second kappa shape index (κ2) is 6.78. The van der Waals surface area contributed by atoms with Crippen molar-refractivity contribution in [2.24, 2.45) is 0 Å². The molecule has 2 aromatic rings. The van der Waals surface area contributed by atoms with Crippen LogP contribution >= 0.6 is 0 Å². The van der Waals surface area contributed by atoms with Crippen LogP contribution in [0.5, 0.6) is 11.5 Å². The minimum atomic E-state index is 0.752. The zero-order chi connectivity index (χ0) is 17.2. The van der Waals surface area contributed by atoms with E-state index in [1.54, 1.807) is 14.2 Å². The van der Waals surface area contributed by atoms with Gasteiger partial charge in [0.25, 0.3) is 0 Å². The van der Waals surface area contributed by atoms with Crippen LogP contribution in [0.25, 0.3) is 0 Å². The predicted octanol–water partition coefficient (Wildman–Crippen LogP) is 2.66. The summed E-state index contributed by atoms with van der Waals surface area (Å²) in [5.74, 6) is 2.41. The van der Waals surface area contributed by atoms with E-state index in [1.807, 2.05) is 18.3 Å². The first-order valence-corrected chi connectivity index (χ1v) is 8.85. The highest BCUT2D eigenvalue weighted by Crippen LogP contribution is 2.33. The fourth-order valence-electron chi connectivity index (χ4n) is 3.62. The highest BCUT2D eigenvalue weighted by atomic mass is 16.5. The molecule has 3 heterocycles. The number of anilines is 2. The van der Waals surface area contributed by atoms with Gasteiger partial charge in [0.2, 0.25) is 5.95 Å². The average molecular weight is 340 g/mol. The van der Waals surface area contributed by atoms with Crippen molar-refractivity contribution in [3.8, 4) is 11.5 Å². The van der Waals surface area contributed by atoms with Gasteiger partial charge in [-0.25, -0.2) is 9.97 Å². The number of ether oxygens (including phenoxy) is 2. The molecular weight excluding hydrogens is 316 g/mol. The zero-order valence-electron chi connectivity index (χ0n) is 14.9. The van der Waals surface area contributed by atoms with E-state index in [0.29, 0.717) is 0 Å². The number of nitrogens with zero attached hydrogens (tertiary/aromatic N) is 4. The summed E-state index contributed by atoms with van der Waals surface area (Å²) in [5.41, 5.74) is 3.53. The van der Waals surface area contributed by atoms with Gasteiger partial charge in [0.1, 0.15) is 0 Å². The molecule has 132 valence electrons. The molecule has 0 spiro atoms. The molecule has 1 aromatic heterocycles. The fraction of sp³-hybridized carbons (Fsp3) is 0.474. The van der Waals surface area contributed by atoms with Gasteiger partial charge in [0, 0.05) is 56.1 Å². The Hall–Kier alpha value is -2.50. The lowest BCUT2D eigenvalue weighted by Crippen LogP contribution is -2.32. The van der Waals surface area contributed by atoms with Crippen molar-refractivity contribution in [3.63, 3.8) is 0 Å². The SMILES string of the molecule is COc1ccc(N2CCc3nc(N4CCCC4)ncc3C2)cc1OC. The Bertz CT molecular complexity index is 759. The third-order valence-corrected chi connectivity index (χ3v) is 5.04. The Kier molecular flexibility index (Phi) is 4.34. The van der Waals surface area contributed by atoms with Gasteiger partial charge in [-0.3, -0.25) is 0 Å². The van der Waals surface area contributed by atoms with Crippen molar-refractivity contribution >= 4 is 11.6 Å². The molecule has 0 saturated carbocycles. The number of methoxy groups -OCH3 is 2. The van der Waals surface area contributed by atoms with Gasteiger partial charge >= 0.3 is 0 Å². The number of hydrogen-bond acceptors (Lipinski definition) is 6. The van der Waals surface area contributed by atoms with E-state index in [4.69, 9.17) is 14.5 Å². The average Bonchev–Trinajstić information content (AvgIpc) is 3.21. The van der Waals surface area contributed by atoms with Crippen LogP contribution in [0.1, 0.15) is 24.1 Å². The Labute approximate surface area is 148 Å². The van der Waals surface area contributed by atoms with Gasteiger partial charge in [0.05, 0.1) is 19.9 Å². The van der Waals surface area contributed by atoms with Gasteiger partial charge in [-0.1, -0.05) is 0 Å². The molecule has 0 N–H and O–H groups in total. The second-order valence-corrected chi connectivity index (χ2v) is 6.55. The summed E-state index contributed by atoms with van der Waals surface area (Å²) < 4.78 is 10.8. The number of rotatable bonds is 4. The van der Waals surface area contributed by atoms with Gasteiger partial charge in [-0.2, -0.15) is 0 Å². The van der Waals surface area contributed by atoms with Crippen molar-refractivity contribution in [2.45, 2.75) is 25.8 Å².